The second kappa shape index (κ2) is 12.6. The van der Waals surface area contributed by atoms with Gasteiger partial charge in [-0.3, -0.25) is 14.2 Å². The van der Waals surface area contributed by atoms with Gasteiger partial charge in [-0.25, -0.2) is 4.98 Å². The number of nitrogens with one attached hydrogen (secondary N) is 1. The number of rotatable bonds is 9. The molecular formula is C30H34F2N3O5PS. The average molecular weight is 618 g/mol. The monoisotopic (exact) mass is 617 g/mol. The third-order valence-electron chi connectivity index (χ3n) is 7.07. The van der Waals surface area contributed by atoms with Crippen LogP contribution < -0.4 is 5.32 Å². The highest BCUT2D eigenvalue weighted by Crippen LogP contribution is 2.59. The topological polar surface area (TPSA) is 120 Å². The molecule has 0 bridgehead atoms. The van der Waals surface area contributed by atoms with Gasteiger partial charge in [0.2, 0.25) is 11.8 Å². The Morgan fingerprint density at radius 3 is 2.43 bits per heavy atom. The van der Waals surface area contributed by atoms with Crippen molar-refractivity contribution < 1.29 is 32.7 Å². The van der Waals surface area contributed by atoms with E-state index < -0.39 is 36.2 Å². The Morgan fingerprint density at radius 1 is 1.14 bits per heavy atom. The van der Waals surface area contributed by atoms with Crippen molar-refractivity contribution in [1.82, 2.24) is 15.2 Å². The van der Waals surface area contributed by atoms with Crippen LogP contribution in [-0.2, 0) is 26.2 Å². The highest BCUT2D eigenvalue weighted by atomic mass is 32.1. The van der Waals surface area contributed by atoms with Crippen LogP contribution in [0.4, 0.5) is 8.78 Å². The molecule has 1 fully saturated rings. The first kappa shape index (κ1) is 31.7. The number of carbonyl (C=O) groups is 2. The predicted molar refractivity (Wildman–Crippen MR) is 158 cm³/mol. The minimum absolute atomic E-state index is 0.172. The molecule has 2 aromatic carbocycles. The minimum Gasteiger partial charge on any atom is -0.340 e. The van der Waals surface area contributed by atoms with E-state index in [-0.39, 0.29) is 11.9 Å². The number of carbonyl (C=O) groups excluding carboxylic acids is 2. The molecule has 3 N–H and O–H groups in total. The van der Waals surface area contributed by atoms with Crippen molar-refractivity contribution in [2.45, 2.75) is 57.8 Å². The van der Waals surface area contributed by atoms with Crippen molar-refractivity contribution in [1.29, 1.82) is 0 Å². The smallest absolute Gasteiger partial charge is 0.340 e. The number of halogens is 2. The summed E-state index contributed by atoms with van der Waals surface area (Å²) in [6, 6.07) is 13.3. The highest BCUT2D eigenvalue weighted by Gasteiger charge is 2.50. The van der Waals surface area contributed by atoms with Crippen molar-refractivity contribution in [3.63, 3.8) is 0 Å². The van der Waals surface area contributed by atoms with E-state index >= 15 is 0 Å². The molecule has 0 spiro atoms. The van der Waals surface area contributed by atoms with E-state index in [1.54, 1.807) is 4.90 Å². The molecule has 2 amide bonds. The first-order chi connectivity index (χ1) is 19.7. The molecule has 4 rings (SSSR count). The van der Waals surface area contributed by atoms with Crippen molar-refractivity contribution in [3.05, 3.63) is 93.4 Å². The van der Waals surface area contributed by atoms with Crippen molar-refractivity contribution in [2.75, 3.05) is 6.54 Å². The van der Waals surface area contributed by atoms with Gasteiger partial charge < -0.3 is 20.0 Å². The molecule has 1 aliphatic heterocycles. The Bertz CT molecular complexity index is 1480. The number of hydrogen-bond donors (Lipinski definition) is 3. The number of aromatic nitrogens is 1. The fourth-order valence-electron chi connectivity index (χ4n) is 4.79. The van der Waals surface area contributed by atoms with Crippen LogP contribution in [0.5, 0.6) is 0 Å². The Balaban J connectivity index is 1.44. The second-order valence-corrected chi connectivity index (χ2v) is 13.9. The summed E-state index contributed by atoms with van der Waals surface area (Å²) in [5.74, 6) is -0.737. The maximum atomic E-state index is 13.9. The van der Waals surface area contributed by atoms with Crippen molar-refractivity contribution >= 4 is 36.8 Å². The molecule has 1 saturated heterocycles. The summed E-state index contributed by atoms with van der Waals surface area (Å²) in [4.78, 5) is 51.2. The summed E-state index contributed by atoms with van der Waals surface area (Å²) in [5.41, 5.74) is -3.28. The molecule has 12 heteroatoms. The van der Waals surface area contributed by atoms with Gasteiger partial charge in [0, 0.05) is 30.0 Å². The van der Waals surface area contributed by atoms with Crippen molar-refractivity contribution in [3.8, 4) is 0 Å². The van der Waals surface area contributed by atoms with Gasteiger partial charge in [0.15, 0.2) is 0 Å². The number of thiazole rings is 1. The van der Waals surface area contributed by atoms with E-state index in [2.05, 4.69) is 17.4 Å². The van der Waals surface area contributed by atoms with Gasteiger partial charge in [0.05, 0.1) is 11.7 Å². The van der Waals surface area contributed by atoms with Crippen LogP contribution in [0.2, 0.25) is 0 Å². The lowest BCUT2D eigenvalue weighted by atomic mass is 9.85. The van der Waals surface area contributed by atoms with Crippen LogP contribution in [0, 0.1) is 5.41 Å². The molecule has 1 aromatic heterocycles. The van der Waals surface area contributed by atoms with Gasteiger partial charge in [-0.2, -0.15) is 8.78 Å². The van der Waals surface area contributed by atoms with Crippen LogP contribution >= 0.6 is 18.9 Å². The van der Waals surface area contributed by atoms with E-state index in [9.17, 15) is 22.9 Å². The second-order valence-electron chi connectivity index (χ2n) is 11.4. The lowest BCUT2D eigenvalue weighted by Crippen LogP contribution is -2.54. The van der Waals surface area contributed by atoms with Crippen LogP contribution in [0.25, 0.3) is 6.08 Å². The zero-order chi connectivity index (χ0) is 30.7. The van der Waals surface area contributed by atoms with Crippen molar-refractivity contribution in [2.24, 2.45) is 5.41 Å². The van der Waals surface area contributed by atoms with E-state index in [0.717, 1.165) is 41.2 Å². The summed E-state index contributed by atoms with van der Waals surface area (Å²) < 4.78 is 38.9. The minimum atomic E-state index is -5.68. The van der Waals surface area contributed by atoms with Crippen LogP contribution in [0.1, 0.15) is 67.0 Å². The predicted octanol–water partition coefficient (Wildman–Crippen LogP) is 5.87. The fourth-order valence-corrected chi connectivity index (χ4v) is 6.24. The summed E-state index contributed by atoms with van der Waals surface area (Å²) in [5, 5.41) is 5.71. The molecule has 3 aromatic rings. The van der Waals surface area contributed by atoms with E-state index in [0.29, 0.717) is 18.5 Å². The molecule has 2 atom stereocenters. The first-order valence-corrected chi connectivity index (χ1v) is 16.0. The van der Waals surface area contributed by atoms with Gasteiger partial charge in [0.1, 0.15) is 11.0 Å². The molecule has 0 radical (unpaired) electrons. The highest BCUT2D eigenvalue weighted by molar-refractivity contribution is 7.52. The number of benzene rings is 2. The SMILES string of the molecule is CC(C)(C)C(NC(=O)/C=C/c1ccc(C(F)(F)P(=O)(O)O)cc1)C(=O)N1CCCC1c1nc(Cc2ccccc2)cs1. The molecule has 2 unspecified atom stereocenters. The Hall–Kier alpha value is -3.24. The third-order valence-corrected chi connectivity index (χ3v) is 9.05. The van der Waals surface area contributed by atoms with Gasteiger partial charge in [-0.1, -0.05) is 75.4 Å². The summed E-state index contributed by atoms with van der Waals surface area (Å²) >= 11 is 1.54. The Labute approximate surface area is 247 Å². The molecular weight excluding hydrogens is 583 g/mol. The summed E-state index contributed by atoms with van der Waals surface area (Å²) in [6.07, 6.45) is 4.89. The largest absolute Gasteiger partial charge is 0.399 e. The summed E-state index contributed by atoms with van der Waals surface area (Å²) in [7, 11) is -5.68. The zero-order valence-corrected chi connectivity index (χ0v) is 25.2. The number of amides is 2. The van der Waals surface area contributed by atoms with E-state index in [1.165, 1.54) is 35.6 Å². The van der Waals surface area contributed by atoms with Gasteiger partial charge >= 0.3 is 13.3 Å². The van der Waals surface area contributed by atoms with Gasteiger partial charge in [-0.05, 0) is 35.5 Å². The number of nitrogens with zero attached hydrogens (tertiary/aromatic N) is 2. The molecule has 0 saturated carbocycles. The molecule has 0 aliphatic carbocycles. The maximum absolute atomic E-state index is 13.9. The molecule has 1 aliphatic rings. The Kier molecular flexibility index (Phi) is 9.47. The maximum Gasteiger partial charge on any atom is 0.399 e. The summed E-state index contributed by atoms with van der Waals surface area (Å²) in [6.45, 7) is 6.16. The lowest BCUT2D eigenvalue weighted by molar-refractivity contribution is -0.139. The molecule has 2 heterocycles. The normalized spacial score (nSPS) is 17.0. The quantitative estimate of drug-likeness (QED) is 0.204. The van der Waals surface area contributed by atoms with Crippen LogP contribution in [-0.4, -0.2) is 44.1 Å². The lowest BCUT2D eigenvalue weighted by Gasteiger charge is -2.35. The average Bonchev–Trinajstić information content (AvgIpc) is 3.59. The number of hydrogen-bond acceptors (Lipinski definition) is 5. The molecule has 224 valence electrons. The molecule has 8 nitrogen and oxygen atoms in total. The first-order valence-electron chi connectivity index (χ1n) is 13.5. The Morgan fingerprint density at radius 2 is 1.81 bits per heavy atom. The van der Waals surface area contributed by atoms with Crippen LogP contribution in [0.3, 0.4) is 0 Å². The van der Waals surface area contributed by atoms with E-state index in [4.69, 9.17) is 14.8 Å². The zero-order valence-electron chi connectivity index (χ0n) is 23.5. The van der Waals surface area contributed by atoms with Crippen LogP contribution in [0.15, 0.2) is 66.1 Å². The van der Waals surface area contributed by atoms with Gasteiger partial charge in [-0.15, -0.1) is 11.3 Å². The van der Waals surface area contributed by atoms with Gasteiger partial charge in [0.25, 0.3) is 0 Å². The standard InChI is InChI=1S/C30H34F2N3O5PS/c1-29(2,3)26(34-25(36)16-13-20-11-14-22(15-12-20)30(31,32)41(38,39)40)28(37)35-17-7-10-24(35)27-33-23(19-42-27)18-21-8-5-4-6-9-21/h4-6,8-9,11-16,19,24,26H,7,10,17-18H2,1-3H3,(H,34,36)(H2,38,39,40)/b16-13+. The molecule has 42 heavy (non-hydrogen) atoms. The third kappa shape index (κ3) is 7.39. The number of likely N-dealkylation sites (tertiary alicyclic amines) is 1. The fraction of sp³-hybridized carbons (Fsp3) is 0.367. The number of alkyl halides is 2. The van der Waals surface area contributed by atoms with E-state index in [1.807, 2.05) is 44.4 Å².